The fraction of sp³-hybridized carbons (Fsp3) is 0.130. The number of hydrogen-bond donors (Lipinski definition) is 1. The maximum atomic E-state index is 12.3. The van der Waals surface area contributed by atoms with E-state index in [1.165, 1.54) is 10.3 Å². The summed E-state index contributed by atoms with van der Waals surface area (Å²) < 4.78 is 1.22. The molecule has 0 unspecified atom stereocenters. The van der Waals surface area contributed by atoms with Gasteiger partial charge in [-0.3, -0.25) is 9.69 Å². The first kappa shape index (κ1) is 18.3. The Kier molecular flexibility index (Phi) is 5.46. The summed E-state index contributed by atoms with van der Waals surface area (Å²) in [6.07, 6.45) is 0. The minimum Gasteiger partial charge on any atom is -0.322 e. The number of fused-ring (bicyclic) bond motifs is 1. The average molecular weight is 388 g/mol. The molecule has 0 aliphatic carbocycles. The Hall–Kier alpha value is -3.02. The van der Waals surface area contributed by atoms with Gasteiger partial charge in [0.1, 0.15) is 5.01 Å². The Labute approximate surface area is 168 Å². The van der Waals surface area contributed by atoms with Gasteiger partial charge in [0, 0.05) is 17.8 Å². The first-order valence-electron chi connectivity index (χ1n) is 9.16. The Bertz CT molecular complexity index is 1040. The van der Waals surface area contributed by atoms with Crippen LogP contribution in [0.1, 0.15) is 20.9 Å². The van der Waals surface area contributed by atoms with Crippen molar-refractivity contribution >= 4 is 33.1 Å². The molecule has 4 nitrogen and oxygen atoms in total. The van der Waals surface area contributed by atoms with Crippen LogP contribution in [0.15, 0.2) is 78.9 Å². The molecule has 140 valence electrons. The minimum absolute atomic E-state index is 0.0967. The van der Waals surface area contributed by atoms with E-state index in [9.17, 15) is 4.79 Å². The average Bonchev–Trinajstić information content (AvgIpc) is 3.11. The molecule has 4 rings (SSSR count). The molecular formula is C23H21N3OS. The summed E-state index contributed by atoms with van der Waals surface area (Å²) in [5.74, 6) is -0.0967. The van der Waals surface area contributed by atoms with Crippen molar-refractivity contribution in [3.8, 4) is 0 Å². The third-order valence-electron chi connectivity index (χ3n) is 4.44. The molecule has 0 bridgehead atoms. The molecular weight excluding hydrogens is 366 g/mol. The molecule has 0 saturated carbocycles. The van der Waals surface area contributed by atoms with Crippen molar-refractivity contribution in [2.45, 2.75) is 13.1 Å². The van der Waals surface area contributed by atoms with Gasteiger partial charge in [-0.25, -0.2) is 4.98 Å². The van der Waals surface area contributed by atoms with Crippen molar-refractivity contribution in [1.29, 1.82) is 0 Å². The van der Waals surface area contributed by atoms with Gasteiger partial charge in [-0.05, 0) is 49.0 Å². The van der Waals surface area contributed by atoms with E-state index in [4.69, 9.17) is 4.98 Å². The van der Waals surface area contributed by atoms with Gasteiger partial charge in [0.05, 0.1) is 16.8 Å². The highest BCUT2D eigenvalue weighted by atomic mass is 32.1. The first-order chi connectivity index (χ1) is 13.7. The smallest absolute Gasteiger partial charge is 0.255 e. The van der Waals surface area contributed by atoms with Gasteiger partial charge in [0.15, 0.2) is 0 Å². The van der Waals surface area contributed by atoms with E-state index in [0.29, 0.717) is 5.56 Å². The summed E-state index contributed by atoms with van der Waals surface area (Å²) in [4.78, 5) is 19.3. The second-order valence-corrected chi connectivity index (χ2v) is 7.88. The quantitative estimate of drug-likeness (QED) is 0.496. The summed E-state index contributed by atoms with van der Waals surface area (Å²) in [5.41, 5.74) is 3.68. The van der Waals surface area contributed by atoms with Crippen LogP contribution in [0.4, 0.5) is 5.69 Å². The van der Waals surface area contributed by atoms with Crippen molar-refractivity contribution in [2.75, 3.05) is 12.4 Å². The number of amides is 1. The van der Waals surface area contributed by atoms with Crippen LogP contribution < -0.4 is 5.32 Å². The Morgan fingerprint density at radius 3 is 2.39 bits per heavy atom. The molecule has 1 amide bonds. The Balaban J connectivity index is 1.36. The molecule has 1 heterocycles. The number of anilines is 1. The van der Waals surface area contributed by atoms with Gasteiger partial charge in [-0.2, -0.15) is 0 Å². The van der Waals surface area contributed by atoms with Gasteiger partial charge >= 0.3 is 0 Å². The van der Waals surface area contributed by atoms with E-state index in [2.05, 4.69) is 29.4 Å². The summed E-state index contributed by atoms with van der Waals surface area (Å²) >= 11 is 1.74. The SMILES string of the molecule is CN(Cc1ccc(C(=O)Nc2ccccc2)cc1)Cc1nc2ccccc2s1. The highest BCUT2D eigenvalue weighted by Crippen LogP contribution is 2.22. The number of carbonyl (C=O) groups is 1. The number of thiazole rings is 1. The maximum absolute atomic E-state index is 12.3. The van der Waals surface area contributed by atoms with Crippen molar-refractivity contribution in [2.24, 2.45) is 0 Å². The number of para-hydroxylation sites is 2. The predicted octanol–water partition coefficient (Wildman–Crippen LogP) is 5.18. The van der Waals surface area contributed by atoms with Crippen LogP contribution in [0, 0.1) is 0 Å². The monoisotopic (exact) mass is 387 g/mol. The third kappa shape index (κ3) is 4.44. The number of benzene rings is 3. The molecule has 0 aliphatic heterocycles. The number of rotatable bonds is 6. The molecule has 4 aromatic rings. The normalized spacial score (nSPS) is 11.1. The van der Waals surface area contributed by atoms with Crippen molar-refractivity contribution < 1.29 is 4.79 Å². The van der Waals surface area contributed by atoms with E-state index in [1.807, 2.05) is 66.7 Å². The lowest BCUT2D eigenvalue weighted by Crippen LogP contribution is -2.17. The zero-order chi connectivity index (χ0) is 19.3. The van der Waals surface area contributed by atoms with Crippen LogP contribution in [0.5, 0.6) is 0 Å². The molecule has 0 fully saturated rings. The largest absolute Gasteiger partial charge is 0.322 e. The topological polar surface area (TPSA) is 45.2 Å². The van der Waals surface area contributed by atoms with Crippen LogP contribution in [0.2, 0.25) is 0 Å². The van der Waals surface area contributed by atoms with E-state index in [1.54, 1.807) is 11.3 Å². The number of nitrogens with zero attached hydrogens (tertiary/aromatic N) is 2. The summed E-state index contributed by atoms with van der Waals surface area (Å²) in [6.45, 7) is 1.60. The fourth-order valence-electron chi connectivity index (χ4n) is 3.07. The van der Waals surface area contributed by atoms with Gasteiger partial charge in [-0.15, -0.1) is 11.3 Å². The molecule has 1 aromatic heterocycles. The highest BCUT2D eigenvalue weighted by Gasteiger charge is 2.09. The third-order valence-corrected chi connectivity index (χ3v) is 5.46. The van der Waals surface area contributed by atoms with Gasteiger partial charge in [-0.1, -0.05) is 42.5 Å². The van der Waals surface area contributed by atoms with E-state index in [0.717, 1.165) is 29.3 Å². The number of carbonyl (C=O) groups excluding carboxylic acids is 1. The zero-order valence-corrected chi connectivity index (χ0v) is 16.4. The fourth-order valence-corrected chi connectivity index (χ4v) is 4.12. The lowest BCUT2D eigenvalue weighted by atomic mass is 10.1. The molecule has 3 aromatic carbocycles. The summed E-state index contributed by atoms with van der Waals surface area (Å²) in [6, 6.07) is 25.5. The summed E-state index contributed by atoms with van der Waals surface area (Å²) in [5, 5.41) is 4.02. The molecule has 0 atom stereocenters. The van der Waals surface area contributed by atoms with E-state index >= 15 is 0 Å². The van der Waals surface area contributed by atoms with Crippen LogP contribution in [0.3, 0.4) is 0 Å². The standard InChI is InChI=1S/C23H21N3OS/c1-26(16-22-25-20-9-5-6-10-21(20)28-22)15-17-11-13-18(14-12-17)23(27)24-19-7-3-2-4-8-19/h2-14H,15-16H2,1H3,(H,24,27). The van der Waals surface area contributed by atoms with Gasteiger partial charge in [0.2, 0.25) is 0 Å². The lowest BCUT2D eigenvalue weighted by Gasteiger charge is -2.15. The van der Waals surface area contributed by atoms with Crippen LogP contribution in [-0.4, -0.2) is 22.8 Å². The highest BCUT2D eigenvalue weighted by molar-refractivity contribution is 7.18. The lowest BCUT2D eigenvalue weighted by molar-refractivity contribution is 0.102. The zero-order valence-electron chi connectivity index (χ0n) is 15.6. The summed E-state index contributed by atoms with van der Waals surface area (Å²) in [7, 11) is 2.09. The molecule has 5 heteroatoms. The molecule has 28 heavy (non-hydrogen) atoms. The van der Waals surface area contributed by atoms with Crippen LogP contribution in [-0.2, 0) is 13.1 Å². The number of aromatic nitrogens is 1. The van der Waals surface area contributed by atoms with Crippen molar-refractivity contribution in [1.82, 2.24) is 9.88 Å². The van der Waals surface area contributed by atoms with E-state index < -0.39 is 0 Å². The number of hydrogen-bond acceptors (Lipinski definition) is 4. The predicted molar refractivity (Wildman–Crippen MR) is 116 cm³/mol. The maximum Gasteiger partial charge on any atom is 0.255 e. The molecule has 0 radical (unpaired) electrons. The van der Waals surface area contributed by atoms with Crippen molar-refractivity contribution in [3.05, 3.63) is 95.0 Å². The van der Waals surface area contributed by atoms with Gasteiger partial charge in [0.25, 0.3) is 5.91 Å². The Morgan fingerprint density at radius 2 is 1.64 bits per heavy atom. The molecule has 0 aliphatic rings. The Morgan fingerprint density at radius 1 is 0.929 bits per heavy atom. The molecule has 1 N–H and O–H groups in total. The van der Waals surface area contributed by atoms with Crippen LogP contribution in [0.25, 0.3) is 10.2 Å². The molecule has 0 spiro atoms. The molecule has 0 saturated heterocycles. The second-order valence-electron chi connectivity index (χ2n) is 6.76. The second kappa shape index (κ2) is 8.33. The minimum atomic E-state index is -0.0967. The first-order valence-corrected chi connectivity index (χ1v) is 9.97. The van der Waals surface area contributed by atoms with Gasteiger partial charge < -0.3 is 5.32 Å². The number of nitrogens with one attached hydrogen (secondary N) is 1. The van der Waals surface area contributed by atoms with E-state index in [-0.39, 0.29) is 5.91 Å². The van der Waals surface area contributed by atoms with Crippen LogP contribution >= 0.6 is 11.3 Å². The van der Waals surface area contributed by atoms with Crippen molar-refractivity contribution in [3.63, 3.8) is 0 Å².